The van der Waals surface area contributed by atoms with Gasteiger partial charge in [0, 0.05) is 17.1 Å². The summed E-state index contributed by atoms with van der Waals surface area (Å²) in [5.74, 6) is -0.609. The lowest BCUT2D eigenvalue weighted by Crippen LogP contribution is -2.33. The van der Waals surface area contributed by atoms with Crippen LogP contribution in [-0.2, 0) is 10.0 Å². The van der Waals surface area contributed by atoms with E-state index in [0.717, 1.165) is 15.3 Å². The minimum Gasteiger partial charge on any atom is -0.268 e. The molecule has 0 N–H and O–H groups in total. The second kappa shape index (κ2) is 7.75. The van der Waals surface area contributed by atoms with Gasteiger partial charge >= 0.3 is 5.69 Å². The normalized spacial score (nSPS) is 11.9. The molecule has 0 saturated carbocycles. The van der Waals surface area contributed by atoms with Gasteiger partial charge in [0.25, 0.3) is 15.9 Å². The fraction of sp³-hybridized carbons (Fsp3) is 0. The van der Waals surface area contributed by atoms with E-state index < -0.39 is 21.6 Å². The first-order valence-electron chi connectivity index (χ1n) is 10.8. The highest BCUT2D eigenvalue weighted by Gasteiger charge is 2.29. The lowest BCUT2D eigenvalue weighted by atomic mass is 10.1. The molecule has 35 heavy (non-hydrogen) atoms. The SMILES string of the molecule is O=C(c1ccc2ccccc2c1)n1c(=O)n(S(=O)(=O)c2cccc3cccnc23)c2ccccc21. The van der Waals surface area contributed by atoms with Gasteiger partial charge in [-0.3, -0.25) is 9.78 Å². The Morgan fingerprint density at radius 1 is 0.714 bits per heavy atom. The second-order valence-corrected chi connectivity index (χ2v) is 9.83. The van der Waals surface area contributed by atoms with Gasteiger partial charge < -0.3 is 0 Å². The summed E-state index contributed by atoms with van der Waals surface area (Å²) in [6.07, 6.45) is 1.50. The molecule has 0 aliphatic heterocycles. The number of imidazole rings is 1. The molecule has 0 amide bonds. The molecule has 2 aromatic heterocycles. The van der Waals surface area contributed by atoms with Gasteiger partial charge in [0.2, 0.25) is 0 Å². The third kappa shape index (κ3) is 3.18. The summed E-state index contributed by atoms with van der Waals surface area (Å²) in [5.41, 5.74) is -0.123. The van der Waals surface area contributed by atoms with Crippen LogP contribution in [0.25, 0.3) is 32.7 Å². The highest BCUT2D eigenvalue weighted by atomic mass is 32.2. The smallest absolute Gasteiger partial charge is 0.268 e. The molecule has 2 heterocycles. The molecule has 0 spiro atoms. The number of aromatic nitrogens is 3. The topological polar surface area (TPSA) is 91.0 Å². The quantitative estimate of drug-likeness (QED) is 0.375. The summed E-state index contributed by atoms with van der Waals surface area (Å²) in [7, 11) is -4.38. The van der Waals surface area contributed by atoms with Gasteiger partial charge in [-0.05, 0) is 47.2 Å². The van der Waals surface area contributed by atoms with Crippen molar-refractivity contribution in [1.82, 2.24) is 13.5 Å². The van der Waals surface area contributed by atoms with Crippen LogP contribution in [0.2, 0.25) is 0 Å². The lowest BCUT2D eigenvalue weighted by molar-refractivity contribution is 0.0961. The fourth-order valence-electron chi connectivity index (χ4n) is 4.38. The van der Waals surface area contributed by atoms with E-state index in [9.17, 15) is 18.0 Å². The Morgan fingerprint density at radius 2 is 1.40 bits per heavy atom. The molecular formula is C27H17N3O4S. The van der Waals surface area contributed by atoms with Crippen LogP contribution in [0.3, 0.4) is 0 Å². The molecule has 0 aliphatic rings. The number of nitrogens with zero attached hydrogens (tertiary/aromatic N) is 3. The molecule has 8 heteroatoms. The van der Waals surface area contributed by atoms with Crippen LogP contribution in [-0.4, -0.2) is 27.8 Å². The minimum absolute atomic E-state index is 0.111. The van der Waals surface area contributed by atoms with Gasteiger partial charge in [0.15, 0.2) is 0 Å². The van der Waals surface area contributed by atoms with E-state index in [-0.39, 0.29) is 27.0 Å². The zero-order valence-electron chi connectivity index (χ0n) is 18.2. The number of benzene rings is 4. The predicted molar refractivity (Wildman–Crippen MR) is 134 cm³/mol. The van der Waals surface area contributed by atoms with E-state index in [1.54, 1.807) is 60.7 Å². The third-order valence-electron chi connectivity index (χ3n) is 6.02. The Balaban J connectivity index is 1.61. The molecule has 6 rings (SSSR count). The number of para-hydroxylation sites is 3. The average molecular weight is 480 g/mol. The van der Waals surface area contributed by atoms with Gasteiger partial charge in [-0.15, -0.1) is 0 Å². The van der Waals surface area contributed by atoms with Gasteiger partial charge in [0.05, 0.1) is 16.6 Å². The van der Waals surface area contributed by atoms with Crippen molar-refractivity contribution in [3.05, 3.63) is 119 Å². The largest absolute Gasteiger partial charge is 0.350 e. The maximum atomic E-state index is 13.8. The van der Waals surface area contributed by atoms with Crippen LogP contribution in [0.4, 0.5) is 0 Å². The van der Waals surface area contributed by atoms with E-state index in [1.807, 2.05) is 24.3 Å². The van der Waals surface area contributed by atoms with Crippen LogP contribution in [0.1, 0.15) is 10.4 Å². The average Bonchev–Trinajstić information content (AvgIpc) is 3.19. The zero-order valence-corrected chi connectivity index (χ0v) is 19.0. The van der Waals surface area contributed by atoms with Crippen LogP contribution in [0.5, 0.6) is 0 Å². The number of fused-ring (bicyclic) bond motifs is 3. The molecule has 0 radical (unpaired) electrons. The van der Waals surface area contributed by atoms with Crippen LogP contribution in [0, 0.1) is 0 Å². The Kier molecular flexibility index (Phi) is 4.65. The predicted octanol–water partition coefficient (Wildman–Crippen LogP) is 4.43. The molecule has 0 fully saturated rings. The standard InChI is InChI=1S/C27H17N3O4S/c31-26(21-15-14-18-7-1-2-8-20(18)17-21)29-22-11-3-4-12-23(22)30(27(29)32)35(33,34)24-13-5-9-19-10-6-16-28-25(19)24/h1-17H. The van der Waals surface area contributed by atoms with Crippen molar-refractivity contribution < 1.29 is 13.2 Å². The highest BCUT2D eigenvalue weighted by Crippen LogP contribution is 2.26. The van der Waals surface area contributed by atoms with Gasteiger partial charge in [-0.1, -0.05) is 60.7 Å². The van der Waals surface area contributed by atoms with Gasteiger partial charge in [0.1, 0.15) is 4.90 Å². The molecule has 4 aromatic carbocycles. The monoisotopic (exact) mass is 479 g/mol. The van der Waals surface area contributed by atoms with Crippen molar-refractivity contribution in [3.8, 4) is 0 Å². The molecule has 7 nitrogen and oxygen atoms in total. The number of rotatable bonds is 3. The maximum Gasteiger partial charge on any atom is 0.350 e. The molecule has 0 atom stereocenters. The zero-order chi connectivity index (χ0) is 24.2. The Bertz CT molecular complexity index is 1960. The molecule has 170 valence electrons. The summed E-state index contributed by atoms with van der Waals surface area (Å²) in [6, 6.07) is 27.2. The molecule has 0 unspecified atom stereocenters. The van der Waals surface area contributed by atoms with Crippen molar-refractivity contribution in [2.75, 3.05) is 0 Å². The van der Waals surface area contributed by atoms with Gasteiger partial charge in [-0.2, -0.15) is 3.97 Å². The van der Waals surface area contributed by atoms with E-state index >= 15 is 0 Å². The first-order valence-corrected chi connectivity index (χ1v) is 12.3. The molecule has 0 aliphatic carbocycles. The van der Waals surface area contributed by atoms with Crippen molar-refractivity contribution in [2.45, 2.75) is 4.90 Å². The number of pyridine rings is 1. The first-order chi connectivity index (χ1) is 17.0. The second-order valence-electron chi connectivity index (χ2n) is 8.07. The number of carbonyl (C=O) groups is 1. The van der Waals surface area contributed by atoms with E-state index in [4.69, 9.17) is 0 Å². The van der Waals surface area contributed by atoms with Crippen LogP contribution < -0.4 is 5.69 Å². The third-order valence-corrected chi connectivity index (χ3v) is 7.74. The number of carbonyl (C=O) groups excluding carboxylic acids is 1. The van der Waals surface area contributed by atoms with Crippen LogP contribution in [0.15, 0.2) is 113 Å². The highest BCUT2D eigenvalue weighted by molar-refractivity contribution is 7.90. The molecular weight excluding hydrogens is 462 g/mol. The number of hydrogen-bond donors (Lipinski definition) is 0. The summed E-state index contributed by atoms with van der Waals surface area (Å²) in [4.78, 5) is 31.3. The first kappa shape index (κ1) is 21.0. The summed E-state index contributed by atoms with van der Waals surface area (Å²) >= 11 is 0. The van der Waals surface area contributed by atoms with E-state index in [2.05, 4.69) is 4.98 Å². The van der Waals surface area contributed by atoms with Crippen LogP contribution >= 0.6 is 0 Å². The maximum absolute atomic E-state index is 13.8. The van der Waals surface area contributed by atoms with Crippen molar-refractivity contribution in [1.29, 1.82) is 0 Å². The fourth-order valence-corrected chi connectivity index (χ4v) is 5.95. The summed E-state index contributed by atoms with van der Waals surface area (Å²) in [5, 5.41) is 2.41. The van der Waals surface area contributed by atoms with E-state index in [0.29, 0.717) is 9.36 Å². The van der Waals surface area contributed by atoms with Crippen molar-refractivity contribution in [2.24, 2.45) is 0 Å². The van der Waals surface area contributed by atoms with Crippen molar-refractivity contribution >= 4 is 48.6 Å². The van der Waals surface area contributed by atoms with Crippen molar-refractivity contribution in [3.63, 3.8) is 0 Å². The Hall–Kier alpha value is -4.56. The minimum atomic E-state index is -4.38. The lowest BCUT2D eigenvalue weighted by Gasteiger charge is -2.08. The summed E-state index contributed by atoms with van der Waals surface area (Å²) in [6.45, 7) is 0. The molecule has 6 aromatic rings. The van der Waals surface area contributed by atoms with E-state index in [1.165, 1.54) is 18.3 Å². The Morgan fingerprint density at radius 3 is 2.23 bits per heavy atom. The Labute approximate surface area is 199 Å². The summed E-state index contributed by atoms with van der Waals surface area (Å²) < 4.78 is 29.3. The molecule has 0 bridgehead atoms. The molecule has 0 saturated heterocycles. The van der Waals surface area contributed by atoms with Gasteiger partial charge in [-0.25, -0.2) is 17.8 Å². The number of hydrogen-bond acceptors (Lipinski definition) is 5.